The Balaban J connectivity index is 1.46. The Morgan fingerprint density at radius 2 is 1.81 bits per heavy atom. The van der Waals surface area contributed by atoms with E-state index < -0.39 is 0 Å². The summed E-state index contributed by atoms with van der Waals surface area (Å²) in [6, 6.07) is 17.7. The van der Waals surface area contributed by atoms with Crippen LogP contribution in [0.25, 0.3) is 16.9 Å². The highest BCUT2D eigenvalue weighted by molar-refractivity contribution is 5.94. The molecular weight excluding hydrogens is 402 g/mol. The minimum absolute atomic E-state index is 0.0261. The number of likely N-dealkylation sites (N-methyl/N-ethyl adjacent to an activating group) is 1. The molecule has 4 aromatic rings. The van der Waals surface area contributed by atoms with Crippen molar-refractivity contribution in [1.29, 1.82) is 0 Å². The van der Waals surface area contributed by atoms with Crippen molar-refractivity contribution in [2.24, 2.45) is 0 Å². The van der Waals surface area contributed by atoms with E-state index in [1.165, 1.54) is 0 Å². The molecule has 7 heteroatoms. The molecule has 1 aliphatic heterocycles. The van der Waals surface area contributed by atoms with Gasteiger partial charge in [-0.05, 0) is 61.1 Å². The number of imidazole rings is 1. The van der Waals surface area contributed by atoms with E-state index in [9.17, 15) is 4.79 Å². The molecule has 0 N–H and O–H groups in total. The first-order valence-electron chi connectivity index (χ1n) is 10.7. The number of piperazine rings is 1. The summed E-state index contributed by atoms with van der Waals surface area (Å²) in [5.74, 6) is 0.864. The van der Waals surface area contributed by atoms with Gasteiger partial charge in [0.25, 0.3) is 5.91 Å². The van der Waals surface area contributed by atoms with Gasteiger partial charge in [-0.3, -0.25) is 19.1 Å². The van der Waals surface area contributed by atoms with Crippen LogP contribution in [0, 0.1) is 0 Å². The Morgan fingerprint density at radius 3 is 2.56 bits per heavy atom. The van der Waals surface area contributed by atoms with Crippen LogP contribution in [0.15, 0.2) is 73.2 Å². The molecule has 0 saturated carbocycles. The SMILES string of the molecule is COc1ccc(-c2cccc3nc(C4CN(C(=O)c5ccncc5)CCN4C)cn23)cc1. The van der Waals surface area contributed by atoms with Gasteiger partial charge in [0.15, 0.2) is 0 Å². The van der Waals surface area contributed by atoms with Crippen LogP contribution < -0.4 is 4.74 Å². The number of carbonyl (C=O) groups excluding carboxylic acids is 1. The molecule has 1 fully saturated rings. The zero-order chi connectivity index (χ0) is 22.1. The summed E-state index contributed by atoms with van der Waals surface area (Å²) >= 11 is 0. The second-order valence-electron chi connectivity index (χ2n) is 8.02. The van der Waals surface area contributed by atoms with Crippen LogP contribution in [-0.2, 0) is 0 Å². The monoisotopic (exact) mass is 427 g/mol. The number of pyridine rings is 2. The predicted molar refractivity (Wildman–Crippen MR) is 123 cm³/mol. The molecule has 7 nitrogen and oxygen atoms in total. The average molecular weight is 428 g/mol. The van der Waals surface area contributed by atoms with E-state index in [1.807, 2.05) is 29.2 Å². The minimum Gasteiger partial charge on any atom is -0.497 e. The molecule has 4 heterocycles. The number of benzene rings is 1. The van der Waals surface area contributed by atoms with Crippen molar-refractivity contribution < 1.29 is 9.53 Å². The highest BCUT2D eigenvalue weighted by Gasteiger charge is 2.30. The Kier molecular flexibility index (Phi) is 5.33. The summed E-state index contributed by atoms with van der Waals surface area (Å²) < 4.78 is 7.41. The first-order valence-corrected chi connectivity index (χ1v) is 10.7. The van der Waals surface area contributed by atoms with Crippen LogP contribution in [0.1, 0.15) is 22.1 Å². The maximum atomic E-state index is 13.0. The Labute approximate surface area is 186 Å². The van der Waals surface area contributed by atoms with E-state index in [-0.39, 0.29) is 11.9 Å². The third-order valence-electron chi connectivity index (χ3n) is 6.10. The topological polar surface area (TPSA) is 63.0 Å². The second-order valence-corrected chi connectivity index (χ2v) is 8.02. The van der Waals surface area contributed by atoms with Gasteiger partial charge in [-0.2, -0.15) is 0 Å². The zero-order valence-electron chi connectivity index (χ0n) is 18.2. The van der Waals surface area contributed by atoms with Gasteiger partial charge in [0.2, 0.25) is 0 Å². The first-order chi connectivity index (χ1) is 15.6. The lowest BCUT2D eigenvalue weighted by atomic mass is 10.1. The fourth-order valence-corrected chi connectivity index (χ4v) is 4.24. The zero-order valence-corrected chi connectivity index (χ0v) is 18.2. The number of amides is 1. The summed E-state index contributed by atoms with van der Waals surface area (Å²) in [4.78, 5) is 26.1. The summed E-state index contributed by atoms with van der Waals surface area (Å²) in [5, 5.41) is 0. The quantitative estimate of drug-likeness (QED) is 0.499. The van der Waals surface area contributed by atoms with Gasteiger partial charge in [-0.25, -0.2) is 4.98 Å². The molecule has 1 amide bonds. The lowest BCUT2D eigenvalue weighted by Crippen LogP contribution is -2.49. The highest BCUT2D eigenvalue weighted by atomic mass is 16.5. The molecule has 1 aliphatic rings. The van der Waals surface area contributed by atoms with Gasteiger partial charge in [-0.1, -0.05) is 6.07 Å². The number of fused-ring (bicyclic) bond motifs is 1. The molecule has 0 radical (unpaired) electrons. The summed E-state index contributed by atoms with van der Waals surface area (Å²) in [6.07, 6.45) is 5.41. The van der Waals surface area contributed by atoms with E-state index in [0.29, 0.717) is 18.7 Å². The number of hydrogen-bond donors (Lipinski definition) is 0. The molecular formula is C25H25N5O2. The molecule has 0 spiro atoms. The van der Waals surface area contributed by atoms with Crippen LogP contribution in [0.2, 0.25) is 0 Å². The Bertz CT molecular complexity index is 1240. The molecule has 3 aromatic heterocycles. The van der Waals surface area contributed by atoms with E-state index in [1.54, 1.807) is 31.6 Å². The van der Waals surface area contributed by atoms with Crippen LogP contribution in [0.4, 0.5) is 0 Å². The maximum absolute atomic E-state index is 13.0. The molecule has 32 heavy (non-hydrogen) atoms. The Hall–Kier alpha value is -3.71. The molecule has 1 saturated heterocycles. The van der Waals surface area contributed by atoms with Crippen molar-refractivity contribution in [3.05, 3.63) is 84.4 Å². The van der Waals surface area contributed by atoms with Gasteiger partial charge >= 0.3 is 0 Å². The number of methoxy groups -OCH3 is 1. The summed E-state index contributed by atoms with van der Waals surface area (Å²) in [7, 11) is 3.76. The van der Waals surface area contributed by atoms with Gasteiger partial charge in [0, 0.05) is 43.8 Å². The number of hydrogen-bond acceptors (Lipinski definition) is 5. The van der Waals surface area contributed by atoms with Crippen LogP contribution in [-0.4, -0.2) is 63.9 Å². The summed E-state index contributed by atoms with van der Waals surface area (Å²) in [5.41, 5.74) is 4.67. The number of nitrogens with zero attached hydrogens (tertiary/aromatic N) is 5. The molecule has 0 bridgehead atoms. The molecule has 1 aromatic carbocycles. The van der Waals surface area contributed by atoms with Crippen LogP contribution in [0.5, 0.6) is 5.75 Å². The lowest BCUT2D eigenvalue weighted by Gasteiger charge is -2.38. The molecule has 162 valence electrons. The van der Waals surface area contributed by atoms with Crippen molar-refractivity contribution in [2.45, 2.75) is 6.04 Å². The van der Waals surface area contributed by atoms with Crippen molar-refractivity contribution in [3.8, 4) is 17.0 Å². The average Bonchev–Trinajstić information content (AvgIpc) is 3.29. The van der Waals surface area contributed by atoms with Crippen molar-refractivity contribution in [2.75, 3.05) is 33.8 Å². The van der Waals surface area contributed by atoms with E-state index in [4.69, 9.17) is 9.72 Å². The maximum Gasteiger partial charge on any atom is 0.254 e. The number of rotatable bonds is 4. The minimum atomic E-state index is 0.0261. The van der Waals surface area contributed by atoms with Crippen LogP contribution in [0.3, 0.4) is 0 Å². The van der Waals surface area contributed by atoms with E-state index in [2.05, 4.69) is 45.7 Å². The van der Waals surface area contributed by atoms with Crippen LogP contribution >= 0.6 is 0 Å². The second kappa shape index (κ2) is 8.43. The summed E-state index contributed by atoms with van der Waals surface area (Å²) in [6.45, 7) is 2.08. The number of aromatic nitrogens is 3. The van der Waals surface area contributed by atoms with Crippen molar-refractivity contribution in [1.82, 2.24) is 24.2 Å². The smallest absolute Gasteiger partial charge is 0.254 e. The Morgan fingerprint density at radius 1 is 1.03 bits per heavy atom. The molecule has 5 rings (SSSR count). The fraction of sp³-hybridized carbons (Fsp3) is 0.240. The standard InChI is InChI=1S/C25H25N5O2/c1-28-14-15-29(25(31)19-10-12-26-13-11-19)17-23(28)21-16-30-22(4-3-5-24(30)27-21)18-6-8-20(32-2)9-7-18/h3-13,16,23H,14-15,17H2,1-2H3. The van der Waals surface area contributed by atoms with E-state index >= 15 is 0 Å². The molecule has 1 atom stereocenters. The normalized spacial score (nSPS) is 16.9. The van der Waals surface area contributed by atoms with Gasteiger partial charge in [0.05, 0.1) is 24.5 Å². The fourth-order valence-electron chi connectivity index (χ4n) is 4.24. The third-order valence-corrected chi connectivity index (χ3v) is 6.10. The van der Waals surface area contributed by atoms with Gasteiger partial charge in [-0.15, -0.1) is 0 Å². The van der Waals surface area contributed by atoms with Gasteiger partial charge in [0.1, 0.15) is 11.4 Å². The van der Waals surface area contributed by atoms with Crippen molar-refractivity contribution in [3.63, 3.8) is 0 Å². The lowest BCUT2D eigenvalue weighted by molar-refractivity contribution is 0.0541. The number of carbonyl (C=O) groups is 1. The predicted octanol–water partition coefficient (Wildman–Crippen LogP) is 3.53. The highest BCUT2D eigenvalue weighted by Crippen LogP contribution is 2.28. The van der Waals surface area contributed by atoms with Crippen molar-refractivity contribution >= 4 is 11.6 Å². The van der Waals surface area contributed by atoms with Gasteiger partial charge < -0.3 is 9.64 Å². The third kappa shape index (κ3) is 3.71. The van der Waals surface area contributed by atoms with E-state index in [0.717, 1.165) is 34.9 Å². The molecule has 0 aliphatic carbocycles. The molecule has 1 unspecified atom stereocenters. The largest absolute Gasteiger partial charge is 0.497 e. The first kappa shape index (κ1) is 20.2. The number of ether oxygens (including phenoxy) is 1.